The summed E-state index contributed by atoms with van der Waals surface area (Å²) in [6, 6.07) is 5.67. The Kier molecular flexibility index (Phi) is 5.05. The predicted octanol–water partition coefficient (Wildman–Crippen LogP) is 3.89. The molecule has 1 unspecified atom stereocenters. The van der Waals surface area contributed by atoms with Crippen LogP contribution in [0.15, 0.2) is 18.2 Å². The fourth-order valence-corrected chi connectivity index (χ4v) is 3.39. The first-order chi connectivity index (χ1) is 9.82. The molecule has 1 heterocycles. The largest absolute Gasteiger partial charge is 0.329 e. The van der Waals surface area contributed by atoms with Crippen LogP contribution in [0, 0.1) is 24.1 Å². The molecule has 0 aromatic heterocycles. The van der Waals surface area contributed by atoms with E-state index in [2.05, 4.69) is 25.7 Å². The summed E-state index contributed by atoms with van der Waals surface area (Å²) in [4.78, 5) is 2.42. The van der Waals surface area contributed by atoms with Gasteiger partial charge in [0.05, 0.1) is 0 Å². The van der Waals surface area contributed by atoms with Crippen LogP contribution in [0.5, 0.6) is 0 Å². The van der Waals surface area contributed by atoms with Gasteiger partial charge in [-0.25, -0.2) is 4.39 Å². The number of hydrogen-bond acceptors (Lipinski definition) is 2. The Balaban J connectivity index is 2.07. The van der Waals surface area contributed by atoms with E-state index in [0.29, 0.717) is 17.5 Å². The highest BCUT2D eigenvalue weighted by atomic mass is 19.1. The van der Waals surface area contributed by atoms with Crippen LogP contribution in [0.3, 0.4) is 0 Å². The average Bonchev–Trinajstić information content (AvgIpc) is 2.43. The van der Waals surface area contributed by atoms with E-state index in [-0.39, 0.29) is 11.9 Å². The summed E-state index contributed by atoms with van der Waals surface area (Å²) in [6.07, 6.45) is 2.41. The third-order valence-electron chi connectivity index (χ3n) is 5.00. The molecule has 1 aliphatic heterocycles. The Labute approximate surface area is 128 Å². The number of benzene rings is 1. The monoisotopic (exact) mass is 292 g/mol. The molecule has 1 saturated heterocycles. The van der Waals surface area contributed by atoms with E-state index >= 15 is 0 Å². The Morgan fingerprint density at radius 3 is 2.38 bits per heavy atom. The Hall–Kier alpha value is -0.930. The molecule has 0 bridgehead atoms. The van der Waals surface area contributed by atoms with Crippen molar-refractivity contribution in [3.63, 3.8) is 0 Å². The summed E-state index contributed by atoms with van der Waals surface area (Å²) >= 11 is 0. The van der Waals surface area contributed by atoms with Gasteiger partial charge >= 0.3 is 0 Å². The zero-order valence-electron chi connectivity index (χ0n) is 13.8. The lowest BCUT2D eigenvalue weighted by Gasteiger charge is -2.41. The summed E-state index contributed by atoms with van der Waals surface area (Å²) in [6.45, 7) is 11.4. The van der Waals surface area contributed by atoms with Gasteiger partial charge in [0.1, 0.15) is 5.82 Å². The minimum absolute atomic E-state index is 0.129. The van der Waals surface area contributed by atoms with Crippen LogP contribution in [-0.4, -0.2) is 24.5 Å². The normalized spacial score (nSPS) is 19.7. The molecule has 118 valence electrons. The van der Waals surface area contributed by atoms with Crippen molar-refractivity contribution in [3.8, 4) is 0 Å². The molecule has 21 heavy (non-hydrogen) atoms. The standard InChI is InChI=1S/C18H29FN2/c1-13-5-6-14(11-16(13)19)17(12-20)21-9-7-15(8-10-21)18(2,3)4/h5-6,11,15,17H,7-10,12,20H2,1-4H3. The van der Waals surface area contributed by atoms with E-state index in [1.54, 1.807) is 13.0 Å². The SMILES string of the molecule is Cc1ccc(C(CN)N2CCC(C(C)(C)C)CC2)cc1F. The number of halogens is 1. The van der Waals surface area contributed by atoms with Gasteiger partial charge in [-0.05, 0) is 61.4 Å². The quantitative estimate of drug-likeness (QED) is 0.915. The zero-order chi connectivity index (χ0) is 15.6. The number of aryl methyl sites for hydroxylation is 1. The van der Waals surface area contributed by atoms with Gasteiger partial charge in [0.15, 0.2) is 0 Å². The van der Waals surface area contributed by atoms with E-state index in [0.717, 1.165) is 24.6 Å². The van der Waals surface area contributed by atoms with Crippen LogP contribution in [0.25, 0.3) is 0 Å². The molecule has 0 aliphatic carbocycles. The van der Waals surface area contributed by atoms with Gasteiger partial charge in [0, 0.05) is 12.6 Å². The van der Waals surface area contributed by atoms with Gasteiger partial charge in [0.25, 0.3) is 0 Å². The highest BCUT2D eigenvalue weighted by molar-refractivity contribution is 5.26. The lowest BCUT2D eigenvalue weighted by molar-refractivity contribution is 0.0845. The van der Waals surface area contributed by atoms with Gasteiger partial charge in [-0.1, -0.05) is 32.9 Å². The second-order valence-corrected chi connectivity index (χ2v) is 7.44. The highest BCUT2D eigenvalue weighted by Crippen LogP contribution is 2.36. The third kappa shape index (κ3) is 3.83. The Bertz CT molecular complexity index is 471. The van der Waals surface area contributed by atoms with Crippen molar-refractivity contribution in [2.24, 2.45) is 17.1 Å². The summed E-state index contributed by atoms with van der Waals surface area (Å²) in [5.41, 5.74) is 8.06. The van der Waals surface area contributed by atoms with Gasteiger partial charge in [-0.3, -0.25) is 4.90 Å². The smallest absolute Gasteiger partial charge is 0.126 e. The molecule has 3 heteroatoms. The Morgan fingerprint density at radius 2 is 1.90 bits per heavy atom. The number of hydrogen-bond donors (Lipinski definition) is 1. The molecular formula is C18H29FN2. The van der Waals surface area contributed by atoms with E-state index in [1.807, 2.05) is 12.1 Å². The molecule has 1 aliphatic rings. The fraction of sp³-hybridized carbons (Fsp3) is 0.667. The minimum Gasteiger partial charge on any atom is -0.329 e. The first kappa shape index (κ1) is 16.4. The average molecular weight is 292 g/mol. The minimum atomic E-state index is -0.129. The third-order valence-corrected chi connectivity index (χ3v) is 5.00. The van der Waals surface area contributed by atoms with Crippen LogP contribution in [0.2, 0.25) is 0 Å². The maximum absolute atomic E-state index is 13.8. The molecule has 1 aromatic rings. The first-order valence-corrected chi connectivity index (χ1v) is 8.03. The lowest BCUT2D eigenvalue weighted by atomic mass is 9.75. The Morgan fingerprint density at radius 1 is 1.29 bits per heavy atom. The van der Waals surface area contributed by atoms with Crippen LogP contribution in [-0.2, 0) is 0 Å². The number of nitrogens with two attached hydrogens (primary N) is 1. The summed E-state index contributed by atoms with van der Waals surface area (Å²) in [7, 11) is 0. The molecule has 2 nitrogen and oxygen atoms in total. The molecule has 0 amide bonds. The molecule has 0 radical (unpaired) electrons. The topological polar surface area (TPSA) is 29.3 Å². The van der Waals surface area contributed by atoms with Crippen molar-refractivity contribution < 1.29 is 4.39 Å². The number of likely N-dealkylation sites (tertiary alicyclic amines) is 1. The van der Waals surface area contributed by atoms with E-state index in [1.165, 1.54) is 12.8 Å². The fourth-order valence-electron chi connectivity index (χ4n) is 3.39. The lowest BCUT2D eigenvalue weighted by Crippen LogP contribution is -2.42. The van der Waals surface area contributed by atoms with Crippen LogP contribution < -0.4 is 5.73 Å². The van der Waals surface area contributed by atoms with Crippen molar-refractivity contribution in [3.05, 3.63) is 35.1 Å². The van der Waals surface area contributed by atoms with Crippen molar-refractivity contribution in [1.29, 1.82) is 0 Å². The number of rotatable bonds is 3. The summed E-state index contributed by atoms with van der Waals surface area (Å²) in [5.74, 6) is 0.637. The molecule has 1 aromatic carbocycles. The second kappa shape index (κ2) is 6.45. The number of piperidine rings is 1. The maximum Gasteiger partial charge on any atom is 0.126 e. The predicted molar refractivity (Wildman–Crippen MR) is 86.7 cm³/mol. The summed E-state index contributed by atoms with van der Waals surface area (Å²) in [5, 5.41) is 0. The van der Waals surface area contributed by atoms with Crippen molar-refractivity contribution in [2.75, 3.05) is 19.6 Å². The molecule has 0 spiro atoms. The van der Waals surface area contributed by atoms with Crippen molar-refractivity contribution >= 4 is 0 Å². The molecule has 2 N–H and O–H groups in total. The molecular weight excluding hydrogens is 263 g/mol. The van der Waals surface area contributed by atoms with Gasteiger partial charge < -0.3 is 5.73 Å². The van der Waals surface area contributed by atoms with Gasteiger partial charge in [0.2, 0.25) is 0 Å². The number of nitrogens with zero attached hydrogens (tertiary/aromatic N) is 1. The van der Waals surface area contributed by atoms with E-state index in [4.69, 9.17) is 5.73 Å². The molecule has 2 rings (SSSR count). The first-order valence-electron chi connectivity index (χ1n) is 8.03. The van der Waals surface area contributed by atoms with Gasteiger partial charge in [-0.15, -0.1) is 0 Å². The molecule has 1 atom stereocenters. The summed E-state index contributed by atoms with van der Waals surface area (Å²) < 4.78 is 13.8. The second-order valence-electron chi connectivity index (χ2n) is 7.44. The van der Waals surface area contributed by atoms with Crippen LogP contribution in [0.1, 0.15) is 50.8 Å². The van der Waals surface area contributed by atoms with Gasteiger partial charge in [-0.2, -0.15) is 0 Å². The molecule has 0 saturated carbocycles. The highest BCUT2D eigenvalue weighted by Gasteiger charge is 2.31. The van der Waals surface area contributed by atoms with Crippen LogP contribution >= 0.6 is 0 Å². The van der Waals surface area contributed by atoms with E-state index in [9.17, 15) is 4.39 Å². The van der Waals surface area contributed by atoms with Crippen molar-refractivity contribution in [1.82, 2.24) is 4.90 Å². The molecule has 1 fully saturated rings. The van der Waals surface area contributed by atoms with Crippen LogP contribution in [0.4, 0.5) is 4.39 Å². The van der Waals surface area contributed by atoms with Crippen molar-refractivity contribution in [2.45, 2.75) is 46.6 Å². The van der Waals surface area contributed by atoms with E-state index < -0.39 is 0 Å². The maximum atomic E-state index is 13.8. The zero-order valence-corrected chi connectivity index (χ0v) is 13.8.